The standard InChI is InChI=1S/C18H24N2O2/c1-21-18-12-15(16(20)8-5-11-19)9-10-17(18)22-13-14-6-3-2-4-7-14/h2-4,6-7,9-10,12,16H,5,8,11,13,19-20H2,1H3/t16-/m0/s1. The molecular weight excluding hydrogens is 276 g/mol. The summed E-state index contributed by atoms with van der Waals surface area (Å²) in [4.78, 5) is 0. The molecule has 0 amide bonds. The van der Waals surface area contributed by atoms with Crippen molar-refractivity contribution in [2.24, 2.45) is 11.5 Å². The smallest absolute Gasteiger partial charge is 0.161 e. The molecule has 118 valence electrons. The van der Waals surface area contributed by atoms with E-state index < -0.39 is 0 Å². The Morgan fingerprint density at radius 3 is 2.50 bits per heavy atom. The monoisotopic (exact) mass is 300 g/mol. The molecule has 0 aliphatic heterocycles. The quantitative estimate of drug-likeness (QED) is 0.786. The van der Waals surface area contributed by atoms with Crippen LogP contribution < -0.4 is 20.9 Å². The Labute approximate surface area is 132 Å². The highest BCUT2D eigenvalue weighted by atomic mass is 16.5. The van der Waals surface area contributed by atoms with Crippen LogP contribution in [0.2, 0.25) is 0 Å². The molecule has 4 N–H and O–H groups in total. The summed E-state index contributed by atoms with van der Waals surface area (Å²) in [5.74, 6) is 1.43. The molecule has 0 radical (unpaired) electrons. The third kappa shape index (κ3) is 4.48. The molecule has 0 saturated carbocycles. The predicted molar refractivity (Wildman–Crippen MR) is 89.0 cm³/mol. The topological polar surface area (TPSA) is 70.5 Å². The van der Waals surface area contributed by atoms with Crippen LogP contribution in [-0.2, 0) is 6.61 Å². The van der Waals surface area contributed by atoms with Crippen molar-refractivity contribution in [2.75, 3.05) is 13.7 Å². The van der Waals surface area contributed by atoms with Gasteiger partial charge in [0.25, 0.3) is 0 Å². The summed E-state index contributed by atoms with van der Waals surface area (Å²) in [6, 6.07) is 15.9. The summed E-state index contributed by atoms with van der Waals surface area (Å²) in [5, 5.41) is 0. The van der Waals surface area contributed by atoms with Gasteiger partial charge in [0.05, 0.1) is 7.11 Å². The molecule has 0 bridgehead atoms. The van der Waals surface area contributed by atoms with E-state index in [2.05, 4.69) is 0 Å². The van der Waals surface area contributed by atoms with Crippen molar-refractivity contribution in [1.29, 1.82) is 0 Å². The zero-order valence-electron chi connectivity index (χ0n) is 13.0. The number of hydrogen-bond acceptors (Lipinski definition) is 4. The van der Waals surface area contributed by atoms with Crippen molar-refractivity contribution in [3.63, 3.8) is 0 Å². The molecule has 1 atom stereocenters. The van der Waals surface area contributed by atoms with Gasteiger partial charge >= 0.3 is 0 Å². The minimum atomic E-state index is -0.0272. The molecule has 2 rings (SSSR count). The fraction of sp³-hybridized carbons (Fsp3) is 0.333. The van der Waals surface area contributed by atoms with Gasteiger partial charge in [0.2, 0.25) is 0 Å². The lowest BCUT2D eigenvalue weighted by Crippen LogP contribution is -2.12. The van der Waals surface area contributed by atoms with Crippen LogP contribution in [-0.4, -0.2) is 13.7 Å². The molecule has 4 heteroatoms. The first-order valence-electron chi connectivity index (χ1n) is 7.55. The second kappa shape index (κ2) is 8.41. The summed E-state index contributed by atoms with van der Waals surface area (Å²) >= 11 is 0. The molecule has 4 nitrogen and oxygen atoms in total. The first kappa shape index (κ1) is 16.3. The van der Waals surface area contributed by atoms with Crippen LogP contribution in [0.15, 0.2) is 48.5 Å². The van der Waals surface area contributed by atoms with Crippen molar-refractivity contribution >= 4 is 0 Å². The summed E-state index contributed by atoms with van der Waals surface area (Å²) in [5.41, 5.74) is 13.9. The molecule has 0 fully saturated rings. The maximum atomic E-state index is 6.17. The van der Waals surface area contributed by atoms with Crippen LogP contribution in [0.1, 0.15) is 30.0 Å². The van der Waals surface area contributed by atoms with E-state index in [1.807, 2.05) is 48.5 Å². The Hall–Kier alpha value is -2.04. The third-order valence-electron chi connectivity index (χ3n) is 3.57. The zero-order chi connectivity index (χ0) is 15.8. The van der Waals surface area contributed by atoms with Gasteiger partial charge in [-0.1, -0.05) is 36.4 Å². The van der Waals surface area contributed by atoms with E-state index >= 15 is 0 Å². The summed E-state index contributed by atoms with van der Waals surface area (Å²) in [6.07, 6.45) is 1.78. The highest BCUT2D eigenvalue weighted by Gasteiger charge is 2.11. The number of hydrogen-bond donors (Lipinski definition) is 2. The number of methoxy groups -OCH3 is 1. The van der Waals surface area contributed by atoms with Gasteiger partial charge in [-0.2, -0.15) is 0 Å². The van der Waals surface area contributed by atoms with Crippen molar-refractivity contribution in [3.05, 3.63) is 59.7 Å². The van der Waals surface area contributed by atoms with Crippen molar-refractivity contribution in [1.82, 2.24) is 0 Å². The molecule has 0 saturated heterocycles. The second-order valence-electron chi connectivity index (χ2n) is 5.22. The molecule has 0 aliphatic carbocycles. The Balaban J connectivity index is 2.05. The SMILES string of the molecule is COc1cc([C@@H](N)CCCN)ccc1OCc1ccccc1. The van der Waals surface area contributed by atoms with Crippen LogP contribution in [0.5, 0.6) is 11.5 Å². The second-order valence-corrected chi connectivity index (χ2v) is 5.22. The van der Waals surface area contributed by atoms with Gasteiger partial charge in [-0.3, -0.25) is 0 Å². The van der Waals surface area contributed by atoms with Gasteiger partial charge in [0.1, 0.15) is 6.61 Å². The first-order chi connectivity index (χ1) is 10.7. The lowest BCUT2D eigenvalue weighted by Gasteiger charge is -2.16. The number of ether oxygens (including phenoxy) is 2. The van der Waals surface area contributed by atoms with Crippen LogP contribution in [0.3, 0.4) is 0 Å². The highest BCUT2D eigenvalue weighted by molar-refractivity contribution is 5.44. The third-order valence-corrected chi connectivity index (χ3v) is 3.57. The van der Waals surface area contributed by atoms with E-state index in [0.717, 1.165) is 29.7 Å². The Morgan fingerprint density at radius 1 is 1.05 bits per heavy atom. The maximum Gasteiger partial charge on any atom is 0.161 e. The first-order valence-corrected chi connectivity index (χ1v) is 7.55. The van der Waals surface area contributed by atoms with E-state index in [1.54, 1.807) is 7.11 Å². The minimum Gasteiger partial charge on any atom is -0.493 e. The fourth-order valence-corrected chi connectivity index (χ4v) is 2.27. The summed E-state index contributed by atoms with van der Waals surface area (Å²) < 4.78 is 11.3. The largest absolute Gasteiger partial charge is 0.493 e. The molecule has 0 spiro atoms. The van der Waals surface area contributed by atoms with Gasteiger partial charge in [-0.05, 0) is 42.6 Å². The van der Waals surface area contributed by atoms with Gasteiger partial charge in [0.15, 0.2) is 11.5 Å². The summed E-state index contributed by atoms with van der Waals surface area (Å²) in [6.45, 7) is 1.17. The predicted octanol–water partition coefficient (Wildman–Crippen LogP) is 3.01. The molecule has 2 aromatic carbocycles. The molecule has 2 aromatic rings. The van der Waals surface area contributed by atoms with Gasteiger partial charge in [-0.25, -0.2) is 0 Å². The van der Waals surface area contributed by atoms with Crippen LogP contribution >= 0.6 is 0 Å². The van der Waals surface area contributed by atoms with Crippen molar-refractivity contribution < 1.29 is 9.47 Å². The lowest BCUT2D eigenvalue weighted by molar-refractivity contribution is 0.284. The Morgan fingerprint density at radius 2 is 1.82 bits per heavy atom. The van der Waals surface area contributed by atoms with Crippen molar-refractivity contribution in [3.8, 4) is 11.5 Å². The molecule has 0 heterocycles. The van der Waals surface area contributed by atoms with Crippen LogP contribution in [0, 0.1) is 0 Å². The van der Waals surface area contributed by atoms with Gasteiger partial charge < -0.3 is 20.9 Å². The molecule has 0 aliphatic rings. The van der Waals surface area contributed by atoms with E-state index in [1.165, 1.54) is 0 Å². The molecule has 0 unspecified atom stereocenters. The molecule has 22 heavy (non-hydrogen) atoms. The molecule has 0 aromatic heterocycles. The average molecular weight is 300 g/mol. The van der Waals surface area contributed by atoms with Gasteiger partial charge in [-0.15, -0.1) is 0 Å². The summed E-state index contributed by atoms with van der Waals surface area (Å²) in [7, 11) is 1.64. The van der Waals surface area contributed by atoms with Crippen LogP contribution in [0.25, 0.3) is 0 Å². The number of nitrogens with two attached hydrogens (primary N) is 2. The lowest BCUT2D eigenvalue weighted by atomic mass is 10.0. The minimum absolute atomic E-state index is 0.0272. The van der Waals surface area contributed by atoms with Gasteiger partial charge in [0, 0.05) is 6.04 Å². The highest BCUT2D eigenvalue weighted by Crippen LogP contribution is 2.31. The molecular formula is C18H24N2O2. The van der Waals surface area contributed by atoms with E-state index in [0.29, 0.717) is 18.9 Å². The average Bonchev–Trinajstić information content (AvgIpc) is 2.58. The van der Waals surface area contributed by atoms with E-state index in [-0.39, 0.29) is 6.04 Å². The number of benzene rings is 2. The Bertz CT molecular complexity index is 573. The fourth-order valence-electron chi connectivity index (χ4n) is 2.27. The van der Waals surface area contributed by atoms with E-state index in [9.17, 15) is 0 Å². The normalized spacial score (nSPS) is 12.0. The maximum absolute atomic E-state index is 6.17. The van der Waals surface area contributed by atoms with Crippen molar-refractivity contribution in [2.45, 2.75) is 25.5 Å². The van der Waals surface area contributed by atoms with E-state index in [4.69, 9.17) is 20.9 Å². The zero-order valence-corrected chi connectivity index (χ0v) is 13.0. The number of rotatable bonds is 8. The Kier molecular flexibility index (Phi) is 6.25. The van der Waals surface area contributed by atoms with Crippen LogP contribution in [0.4, 0.5) is 0 Å².